The number of carboxylic acid groups (broad SMARTS) is 1. The summed E-state index contributed by atoms with van der Waals surface area (Å²) < 4.78 is 10.4. The number of methoxy groups -OCH3 is 1. The fraction of sp³-hybridized carbons (Fsp3) is 0.529. The van der Waals surface area contributed by atoms with Crippen molar-refractivity contribution in [3.8, 4) is 0 Å². The molecular formula is C17H23NO5. The molecule has 0 aromatic heterocycles. The standard InChI is InChI=1S/C17H23NO5/c1-17(11-22-2,9-15(19)20)18-16(21)13-5-3-4-12(8-13)14-6-7-23-10-14/h3-5,8,14H,6-7,9-11H2,1-2H3,(H,18,21)(H,19,20). The van der Waals surface area contributed by atoms with E-state index in [-0.39, 0.29) is 18.9 Å². The quantitative estimate of drug-likeness (QED) is 0.800. The Morgan fingerprint density at radius 3 is 2.87 bits per heavy atom. The van der Waals surface area contributed by atoms with Crippen molar-refractivity contribution in [2.75, 3.05) is 26.9 Å². The molecule has 2 unspecified atom stereocenters. The summed E-state index contributed by atoms with van der Waals surface area (Å²) in [7, 11) is 1.48. The van der Waals surface area contributed by atoms with Gasteiger partial charge in [0.2, 0.25) is 0 Å². The zero-order valence-electron chi connectivity index (χ0n) is 13.5. The summed E-state index contributed by atoms with van der Waals surface area (Å²) in [5.74, 6) is -0.972. The lowest BCUT2D eigenvalue weighted by Gasteiger charge is -2.28. The van der Waals surface area contributed by atoms with Crippen LogP contribution in [0.4, 0.5) is 0 Å². The summed E-state index contributed by atoms with van der Waals surface area (Å²) in [5, 5.41) is 11.8. The van der Waals surface area contributed by atoms with E-state index in [2.05, 4.69) is 5.32 Å². The van der Waals surface area contributed by atoms with Crippen molar-refractivity contribution in [2.24, 2.45) is 0 Å². The van der Waals surface area contributed by atoms with E-state index < -0.39 is 11.5 Å². The lowest BCUT2D eigenvalue weighted by atomic mass is 9.95. The largest absolute Gasteiger partial charge is 0.481 e. The van der Waals surface area contributed by atoms with Crippen LogP contribution in [0.15, 0.2) is 24.3 Å². The second kappa shape index (κ2) is 7.57. The molecular weight excluding hydrogens is 298 g/mol. The van der Waals surface area contributed by atoms with Crippen LogP contribution in [-0.4, -0.2) is 49.5 Å². The Morgan fingerprint density at radius 2 is 2.26 bits per heavy atom. The minimum atomic E-state index is -0.985. The zero-order valence-corrected chi connectivity index (χ0v) is 13.5. The van der Waals surface area contributed by atoms with Crippen molar-refractivity contribution >= 4 is 11.9 Å². The Bertz CT molecular complexity index is 568. The normalized spacial score (nSPS) is 20.0. The maximum absolute atomic E-state index is 12.5. The van der Waals surface area contributed by atoms with Crippen molar-refractivity contribution in [1.82, 2.24) is 5.32 Å². The fourth-order valence-corrected chi connectivity index (χ4v) is 2.86. The number of carbonyl (C=O) groups excluding carboxylic acids is 1. The summed E-state index contributed by atoms with van der Waals surface area (Å²) in [4.78, 5) is 23.5. The van der Waals surface area contributed by atoms with Gasteiger partial charge in [-0.3, -0.25) is 9.59 Å². The smallest absolute Gasteiger partial charge is 0.305 e. The molecule has 1 aromatic rings. The van der Waals surface area contributed by atoms with Gasteiger partial charge in [-0.05, 0) is 31.0 Å². The molecule has 6 nitrogen and oxygen atoms in total. The molecule has 23 heavy (non-hydrogen) atoms. The van der Waals surface area contributed by atoms with Gasteiger partial charge in [-0.1, -0.05) is 12.1 Å². The number of benzene rings is 1. The Balaban J connectivity index is 2.12. The first-order valence-electron chi connectivity index (χ1n) is 7.64. The van der Waals surface area contributed by atoms with Gasteiger partial charge in [-0.25, -0.2) is 0 Å². The molecule has 1 heterocycles. The van der Waals surface area contributed by atoms with Crippen LogP contribution in [-0.2, 0) is 14.3 Å². The minimum absolute atomic E-state index is 0.126. The van der Waals surface area contributed by atoms with Crippen LogP contribution in [0, 0.1) is 0 Å². The Kier molecular flexibility index (Phi) is 5.74. The summed E-state index contributed by atoms with van der Waals surface area (Å²) in [6.07, 6.45) is 0.744. The number of ether oxygens (including phenoxy) is 2. The lowest BCUT2D eigenvalue weighted by Crippen LogP contribution is -2.50. The van der Waals surface area contributed by atoms with Gasteiger partial charge >= 0.3 is 5.97 Å². The number of hydrogen-bond donors (Lipinski definition) is 2. The Hall–Kier alpha value is -1.92. The highest BCUT2D eigenvalue weighted by Crippen LogP contribution is 2.25. The molecule has 2 rings (SSSR count). The molecule has 2 atom stereocenters. The molecule has 1 aromatic carbocycles. The predicted molar refractivity (Wildman–Crippen MR) is 84.6 cm³/mol. The van der Waals surface area contributed by atoms with E-state index in [0.29, 0.717) is 18.1 Å². The summed E-state index contributed by atoms with van der Waals surface area (Å²) in [6.45, 7) is 3.20. The third kappa shape index (κ3) is 4.77. The number of carboxylic acids is 1. The van der Waals surface area contributed by atoms with Gasteiger partial charge in [-0.2, -0.15) is 0 Å². The average Bonchev–Trinajstić information content (AvgIpc) is 3.00. The fourth-order valence-electron chi connectivity index (χ4n) is 2.86. The minimum Gasteiger partial charge on any atom is -0.481 e. The van der Waals surface area contributed by atoms with Crippen molar-refractivity contribution in [1.29, 1.82) is 0 Å². The van der Waals surface area contributed by atoms with E-state index in [9.17, 15) is 9.59 Å². The molecule has 1 saturated heterocycles. The monoisotopic (exact) mass is 321 g/mol. The highest BCUT2D eigenvalue weighted by molar-refractivity contribution is 5.95. The van der Waals surface area contributed by atoms with E-state index in [4.69, 9.17) is 14.6 Å². The van der Waals surface area contributed by atoms with Crippen LogP contribution in [0.3, 0.4) is 0 Å². The van der Waals surface area contributed by atoms with Gasteiger partial charge in [0.1, 0.15) is 0 Å². The molecule has 0 spiro atoms. The Labute approximate surface area is 135 Å². The van der Waals surface area contributed by atoms with Gasteiger partial charge < -0.3 is 19.9 Å². The number of amides is 1. The Morgan fingerprint density at radius 1 is 1.48 bits per heavy atom. The molecule has 0 bridgehead atoms. The molecule has 1 aliphatic rings. The van der Waals surface area contributed by atoms with Gasteiger partial charge in [0.15, 0.2) is 0 Å². The van der Waals surface area contributed by atoms with Crippen LogP contribution in [0.2, 0.25) is 0 Å². The highest BCUT2D eigenvalue weighted by Gasteiger charge is 2.30. The maximum Gasteiger partial charge on any atom is 0.305 e. The number of aliphatic carboxylic acids is 1. The molecule has 0 radical (unpaired) electrons. The third-order valence-electron chi connectivity index (χ3n) is 3.97. The van der Waals surface area contributed by atoms with Crippen LogP contribution in [0.1, 0.15) is 41.6 Å². The van der Waals surface area contributed by atoms with E-state index in [1.54, 1.807) is 13.0 Å². The lowest BCUT2D eigenvalue weighted by molar-refractivity contribution is -0.139. The second-order valence-corrected chi connectivity index (χ2v) is 6.20. The molecule has 0 saturated carbocycles. The number of nitrogens with one attached hydrogen (secondary N) is 1. The molecule has 1 amide bonds. The maximum atomic E-state index is 12.5. The SMILES string of the molecule is COCC(C)(CC(=O)O)NC(=O)c1cccc(C2CCOC2)c1. The number of hydrogen-bond acceptors (Lipinski definition) is 4. The first-order valence-corrected chi connectivity index (χ1v) is 7.64. The molecule has 6 heteroatoms. The third-order valence-corrected chi connectivity index (χ3v) is 3.97. The molecule has 2 N–H and O–H groups in total. The van der Waals surface area contributed by atoms with Crippen molar-refractivity contribution < 1.29 is 24.2 Å². The van der Waals surface area contributed by atoms with Crippen molar-refractivity contribution in [2.45, 2.75) is 31.2 Å². The van der Waals surface area contributed by atoms with Gasteiger partial charge in [0, 0.05) is 25.2 Å². The predicted octanol–water partition coefficient (Wildman–Crippen LogP) is 1.80. The average molecular weight is 321 g/mol. The second-order valence-electron chi connectivity index (χ2n) is 6.20. The summed E-state index contributed by atoms with van der Waals surface area (Å²) >= 11 is 0. The van der Waals surface area contributed by atoms with Crippen molar-refractivity contribution in [3.63, 3.8) is 0 Å². The van der Waals surface area contributed by atoms with E-state index in [1.807, 2.05) is 18.2 Å². The topological polar surface area (TPSA) is 84.9 Å². The van der Waals surface area contributed by atoms with E-state index in [1.165, 1.54) is 7.11 Å². The summed E-state index contributed by atoms with van der Waals surface area (Å²) in [5.41, 5.74) is 0.633. The van der Waals surface area contributed by atoms with Gasteiger partial charge in [0.25, 0.3) is 5.91 Å². The molecule has 0 aliphatic carbocycles. The number of carbonyl (C=O) groups is 2. The van der Waals surface area contributed by atoms with Crippen LogP contribution in [0.5, 0.6) is 0 Å². The summed E-state index contributed by atoms with van der Waals surface area (Å²) in [6, 6.07) is 7.40. The van der Waals surface area contributed by atoms with Crippen LogP contribution in [0.25, 0.3) is 0 Å². The zero-order chi connectivity index (χ0) is 16.9. The van der Waals surface area contributed by atoms with Crippen LogP contribution >= 0.6 is 0 Å². The first-order chi connectivity index (χ1) is 10.9. The van der Waals surface area contributed by atoms with Crippen molar-refractivity contribution in [3.05, 3.63) is 35.4 Å². The van der Waals surface area contributed by atoms with Gasteiger partial charge in [0.05, 0.1) is 25.2 Å². The molecule has 1 fully saturated rings. The van der Waals surface area contributed by atoms with Crippen LogP contribution < -0.4 is 5.32 Å². The number of rotatable bonds is 7. The molecule has 1 aliphatic heterocycles. The van der Waals surface area contributed by atoms with E-state index >= 15 is 0 Å². The van der Waals surface area contributed by atoms with E-state index in [0.717, 1.165) is 18.6 Å². The highest BCUT2D eigenvalue weighted by atomic mass is 16.5. The first kappa shape index (κ1) is 17.4. The molecule has 126 valence electrons. The van der Waals surface area contributed by atoms with Gasteiger partial charge in [-0.15, -0.1) is 0 Å².